The Kier molecular flexibility index (Phi) is 17.9. The first kappa shape index (κ1) is 37.1. The Labute approximate surface area is 267 Å². The van der Waals surface area contributed by atoms with Crippen LogP contribution in [0.15, 0.2) is 48.5 Å². The predicted octanol–water partition coefficient (Wildman–Crippen LogP) is 9.57. The van der Waals surface area contributed by atoms with Crippen LogP contribution in [0.25, 0.3) is 11.1 Å². The highest BCUT2D eigenvalue weighted by Crippen LogP contribution is 2.25. The fraction of sp³-hybridized carbons (Fsp3) is 0.588. The summed E-state index contributed by atoms with van der Waals surface area (Å²) in [6.45, 7) is 12.0. The third kappa shape index (κ3) is 16.5. The minimum absolute atomic E-state index is 0.0757. The van der Waals surface area contributed by atoms with E-state index in [1.54, 1.807) is 19.1 Å². The molecule has 0 aromatic heterocycles. The molecule has 43 heavy (non-hydrogen) atoms. The second-order valence-corrected chi connectivity index (χ2v) is 19.0. The molecule has 239 valence electrons. The van der Waals surface area contributed by atoms with E-state index in [0.29, 0.717) is 12.4 Å². The summed E-state index contributed by atoms with van der Waals surface area (Å²) in [6, 6.07) is 16.6. The quantitative estimate of drug-likeness (QED) is 0.0417. The zero-order valence-corrected chi connectivity index (χ0v) is 29.7. The number of esters is 2. The van der Waals surface area contributed by atoms with Gasteiger partial charge in [0.1, 0.15) is 16.9 Å². The highest BCUT2D eigenvalue weighted by molar-refractivity contribution is 6.77. The first-order valence-electron chi connectivity index (χ1n) is 15.9. The third-order valence-electron chi connectivity index (χ3n) is 7.10. The summed E-state index contributed by atoms with van der Waals surface area (Å²) in [6.07, 6.45) is 11.8. The van der Waals surface area contributed by atoms with Crippen molar-refractivity contribution in [3.63, 3.8) is 0 Å². The van der Waals surface area contributed by atoms with Crippen molar-refractivity contribution < 1.29 is 27.9 Å². The topological polar surface area (TPSA) is 71.1 Å². The van der Waals surface area contributed by atoms with Gasteiger partial charge in [0, 0.05) is 6.42 Å². The Hall–Kier alpha value is -2.14. The molecule has 0 aliphatic carbocycles. The van der Waals surface area contributed by atoms with Gasteiger partial charge in [0.25, 0.3) is 0 Å². The van der Waals surface area contributed by atoms with Gasteiger partial charge in [0.2, 0.25) is 0 Å². The van der Waals surface area contributed by atoms with Crippen molar-refractivity contribution in [3.8, 4) is 22.6 Å². The zero-order valence-electron chi connectivity index (χ0n) is 26.9. The van der Waals surface area contributed by atoms with Crippen LogP contribution < -0.4 is 9.47 Å². The fourth-order valence-corrected chi connectivity index (χ4v) is 11.0. The lowest BCUT2D eigenvalue weighted by atomic mass is 10.1. The van der Waals surface area contributed by atoms with Crippen molar-refractivity contribution >= 4 is 40.9 Å². The van der Waals surface area contributed by atoms with Gasteiger partial charge >= 0.3 is 11.9 Å². The van der Waals surface area contributed by atoms with E-state index >= 15 is 0 Å². The predicted molar refractivity (Wildman–Crippen MR) is 181 cm³/mol. The average Bonchev–Trinajstić information content (AvgIpc) is 2.96. The lowest BCUT2D eigenvalue weighted by Crippen LogP contribution is -2.34. The smallest absolute Gasteiger partial charge is 0.329 e. The van der Waals surface area contributed by atoms with Crippen LogP contribution in [0, 0.1) is 0 Å². The van der Waals surface area contributed by atoms with Crippen LogP contribution in [-0.4, -0.2) is 47.9 Å². The molecule has 1 radical (unpaired) electrons. The number of ether oxygens (including phenoxy) is 3. The maximum atomic E-state index is 12.2. The van der Waals surface area contributed by atoms with Crippen LogP contribution in [-0.2, 0) is 18.4 Å². The van der Waals surface area contributed by atoms with Gasteiger partial charge in [0.05, 0.1) is 13.2 Å². The monoisotopic (exact) mass is 647 g/mol. The second kappa shape index (κ2) is 20.8. The van der Waals surface area contributed by atoms with Gasteiger partial charge in [-0.25, -0.2) is 0 Å². The van der Waals surface area contributed by atoms with Gasteiger partial charge in [-0.2, -0.15) is 0 Å². The minimum atomic E-state index is -1.41. The first-order chi connectivity index (χ1) is 20.6. The molecule has 9 heteroatoms. The molecule has 0 saturated carbocycles. The second-order valence-electron chi connectivity index (χ2n) is 11.8. The molecule has 2 aromatic carbocycles. The summed E-state index contributed by atoms with van der Waals surface area (Å²) in [5.41, 5.74) is 2.05. The van der Waals surface area contributed by atoms with E-state index in [-0.39, 0.29) is 18.8 Å². The molecule has 2 rings (SSSR count). The Morgan fingerprint density at radius 2 is 1.30 bits per heavy atom. The largest absolute Gasteiger partial charge is 0.494 e. The van der Waals surface area contributed by atoms with Gasteiger partial charge in [-0.1, -0.05) is 75.6 Å². The van der Waals surface area contributed by atoms with E-state index in [1.807, 2.05) is 36.4 Å². The molecule has 0 spiro atoms. The maximum Gasteiger partial charge on any atom is 0.329 e. The van der Waals surface area contributed by atoms with Crippen LogP contribution in [0.5, 0.6) is 11.5 Å². The molecule has 1 atom stereocenters. The Balaban J connectivity index is 1.56. The molecule has 2 aromatic rings. The molecule has 0 saturated heterocycles. The highest BCUT2D eigenvalue weighted by atomic mass is 35.5. The lowest BCUT2D eigenvalue weighted by Gasteiger charge is -2.25. The van der Waals surface area contributed by atoms with Crippen molar-refractivity contribution in [2.24, 2.45) is 0 Å². The first-order valence-corrected chi connectivity index (χ1v) is 21.9. The van der Waals surface area contributed by atoms with E-state index in [4.69, 9.17) is 29.9 Å². The molecule has 1 unspecified atom stereocenters. The Bertz CT molecular complexity index is 1060. The Morgan fingerprint density at radius 1 is 0.791 bits per heavy atom. The number of alkyl halides is 1. The van der Waals surface area contributed by atoms with Gasteiger partial charge < -0.3 is 18.3 Å². The molecular weight excluding hydrogens is 596 g/mol. The zero-order chi connectivity index (χ0) is 31.5. The van der Waals surface area contributed by atoms with E-state index in [1.165, 1.54) is 57.4 Å². The molecule has 0 fully saturated rings. The van der Waals surface area contributed by atoms with Crippen LogP contribution >= 0.6 is 11.6 Å². The molecule has 0 heterocycles. The van der Waals surface area contributed by atoms with Crippen molar-refractivity contribution in [2.45, 2.75) is 115 Å². The number of unbranched alkanes of at least 4 members (excludes halogenated alkanes) is 8. The van der Waals surface area contributed by atoms with Crippen molar-refractivity contribution in [2.75, 3.05) is 13.2 Å². The highest BCUT2D eigenvalue weighted by Gasteiger charge is 2.23. The van der Waals surface area contributed by atoms with E-state index in [2.05, 4.69) is 26.2 Å². The normalized spacial score (nSPS) is 12.3. The van der Waals surface area contributed by atoms with Crippen LogP contribution in [0.4, 0.5) is 0 Å². The maximum absolute atomic E-state index is 12.2. The number of hydrogen-bond acceptors (Lipinski definition) is 6. The van der Waals surface area contributed by atoms with Crippen LogP contribution in [0.1, 0.15) is 77.6 Å². The molecule has 0 amide bonds. The Morgan fingerprint density at radius 3 is 1.84 bits per heavy atom. The average molecular weight is 648 g/mol. The fourth-order valence-electron chi connectivity index (χ4n) is 4.92. The number of benzene rings is 2. The molecule has 0 bridgehead atoms. The molecule has 0 aliphatic heterocycles. The molecule has 0 aliphatic rings. The minimum Gasteiger partial charge on any atom is -0.494 e. The summed E-state index contributed by atoms with van der Waals surface area (Å²) in [5.74, 6) is 0.321. The molecular formula is C34H52ClO6Si2. The van der Waals surface area contributed by atoms with Crippen LogP contribution in [0.3, 0.4) is 0 Å². The van der Waals surface area contributed by atoms with Gasteiger partial charge in [-0.3, -0.25) is 9.59 Å². The lowest BCUT2D eigenvalue weighted by molar-refractivity contribution is -0.143. The van der Waals surface area contributed by atoms with E-state index < -0.39 is 28.7 Å². The number of rotatable bonds is 22. The van der Waals surface area contributed by atoms with E-state index in [0.717, 1.165) is 29.9 Å². The standard InChI is InChI=1S/C34H52ClO6Si2/c1-6-38-33(36)25-24-32(35)34(37)40-31-22-18-29(19-23-31)28-16-20-30(21-17-28)39-26-14-12-10-8-7-9-11-13-15-27-43(4,5)41-42(2)3/h16-23,32H,6-15,24-27H2,1-5H3. The number of hydrogen-bond donors (Lipinski definition) is 0. The van der Waals surface area contributed by atoms with Crippen molar-refractivity contribution in [1.82, 2.24) is 0 Å². The summed E-state index contributed by atoms with van der Waals surface area (Å²) in [7, 11) is -1.98. The summed E-state index contributed by atoms with van der Waals surface area (Å²) < 4.78 is 22.4. The van der Waals surface area contributed by atoms with Crippen molar-refractivity contribution in [1.29, 1.82) is 0 Å². The van der Waals surface area contributed by atoms with Gasteiger partial charge in [-0.15, -0.1) is 11.6 Å². The number of carbonyl (C=O) groups excluding carboxylic acids is 2. The summed E-state index contributed by atoms with van der Waals surface area (Å²) in [5, 5.41) is -0.910. The summed E-state index contributed by atoms with van der Waals surface area (Å²) in [4.78, 5) is 23.7. The third-order valence-corrected chi connectivity index (χ3v) is 12.9. The van der Waals surface area contributed by atoms with Crippen LogP contribution in [0.2, 0.25) is 32.2 Å². The van der Waals surface area contributed by atoms with Gasteiger partial charge in [-0.05, 0) is 87.4 Å². The van der Waals surface area contributed by atoms with E-state index in [9.17, 15) is 9.59 Å². The SMILES string of the molecule is CCOC(=O)CCC(Cl)C(=O)Oc1ccc(-c2ccc(OCCCCCCCCCCC[Si](C)(C)O[Si](C)C)cc2)cc1. The molecule has 0 N–H and O–H groups in total. The molecule has 6 nitrogen and oxygen atoms in total. The number of carbonyl (C=O) groups is 2. The summed E-state index contributed by atoms with van der Waals surface area (Å²) >= 11 is 6.09. The van der Waals surface area contributed by atoms with Gasteiger partial charge in [0.15, 0.2) is 17.4 Å². The van der Waals surface area contributed by atoms with Crippen molar-refractivity contribution in [3.05, 3.63) is 48.5 Å². The number of halogens is 1.